The van der Waals surface area contributed by atoms with E-state index in [-0.39, 0.29) is 5.91 Å². The van der Waals surface area contributed by atoms with Crippen molar-refractivity contribution in [1.29, 1.82) is 0 Å². The molecular weight excluding hydrogens is 260 g/mol. The van der Waals surface area contributed by atoms with E-state index in [4.69, 9.17) is 5.73 Å². The van der Waals surface area contributed by atoms with Gasteiger partial charge in [0.2, 0.25) is 5.91 Å². The third-order valence-electron chi connectivity index (χ3n) is 6.11. The quantitative estimate of drug-likeness (QED) is 0.893. The van der Waals surface area contributed by atoms with Gasteiger partial charge in [-0.15, -0.1) is 0 Å². The molecule has 0 saturated heterocycles. The SMILES string of the molecule is NC(=O)Cc1ccc(NC2CC3CC2C2CCCC32)cc1. The molecule has 0 heterocycles. The molecule has 0 aliphatic heterocycles. The molecule has 3 heteroatoms. The number of hydrogen-bond donors (Lipinski definition) is 2. The topological polar surface area (TPSA) is 55.1 Å². The van der Waals surface area contributed by atoms with Crippen LogP contribution >= 0.6 is 0 Å². The number of fused-ring (bicyclic) bond motifs is 5. The molecule has 4 rings (SSSR count). The van der Waals surface area contributed by atoms with Crippen LogP contribution in [-0.4, -0.2) is 11.9 Å². The monoisotopic (exact) mass is 284 g/mol. The summed E-state index contributed by atoms with van der Waals surface area (Å²) in [4.78, 5) is 10.9. The van der Waals surface area contributed by atoms with Crippen molar-refractivity contribution in [2.24, 2.45) is 29.4 Å². The molecule has 3 aliphatic carbocycles. The third-order valence-corrected chi connectivity index (χ3v) is 6.11. The molecule has 21 heavy (non-hydrogen) atoms. The second kappa shape index (κ2) is 5.04. The lowest BCUT2D eigenvalue weighted by atomic mass is 9.79. The molecule has 3 aliphatic rings. The fourth-order valence-corrected chi connectivity index (χ4v) is 5.37. The minimum atomic E-state index is -0.268. The van der Waals surface area contributed by atoms with Gasteiger partial charge in [-0.25, -0.2) is 0 Å². The Balaban J connectivity index is 1.42. The highest BCUT2D eigenvalue weighted by Gasteiger charge is 2.53. The predicted molar refractivity (Wildman–Crippen MR) is 83.8 cm³/mol. The summed E-state index contributed by atoms with van der Waals surface area (Å²) in [5.41, 5.74) is 7.42. The number of nitrogens with one attached hydrogen (secondary N) is 1. The molecule has 0 spiro atoms. The van der Waals surface area contributed by atoms with Crippen molar-refractivity contribution in [2.45, 2.75) is 44.6 Å². The van der Waals surface area contributed by atoms with Gasteiger partial charge in [0, 0.05) is 11.7 Å². The zero-order chi connectivity index (χ0) is 14.4. The molecule has 0 aromatic heterocycles. The van der Waals surface area contributed by atoms with E-state index in [9.17, 15) is 4.79 Å². The van der Waals surface area contributed by atoms with Gasteiger partial charge in [0.25, 0.3) is 0 Å². The normalized spacial score (nSPS) is 36.7. The summed E-state index contributed by atoms with van der Waals surface area (Å²) < 4.78 is 0. The third kappa shape index (κ3) is 2.33. The van der Waals surface area contributed by atoms with E-state index in [1.165, 1.54) is 37.8 Å². The molecule has 1 aromatic carbocycles. The average Bonchev–Trinajstić information content (AvgIpc) is 3.12. The number of carbonyl (C=O) groups is 1. The Kier molecular flexibility index (Phi) is 3.16. The van der Waals surface area contributed by atoms with Crippen LogP contribution < -0.4 is 11.1 Å². The van der Waals surface area contributed by atoms with Gasteiger partial charge < -0.3 is 11.1 Å². The maximum atomic E-state index is 10.9. The second-order valence-electron chi connectivity index (χ2n) is 7.24. The Hall–Kier alpha value is -1.51. The molecule has 3 saturated carbocycles. The standard InChI is InChI=1S/C18H24N2O/c19-18(21)8-11-4-6-13(7-5-11)20-17-10-12-9-16(17)15-3-1-2-14(12)15/h4-7,12,14-17,20H,1-3,8-10H2,(H2,19,21). The zero-order valence-corrected chi connectivity index (χ0v) is 12.4. The minimum absolute atomic E-state index is 0.268. The number of hydrogen-bond acceptors (Lipinski definition) is 2. The summed E-state index contributed by atoms with van der Waals surface area (Å²) in [6.45, 7) is 0. The number of amides is 1. The molecular formula is C18H24N2O. The predicted octanol–water partition coefficient (Wildman–Crippen LogP) is 2.95. The molecule has 2 bridgehead atoms. The number of nitrogens with two attached hydrogens (primary N) is 1. The van der Waals surface area contributed by atoms with Crippen molar-refractivity contribution in [2.75, 3.05) is 5.32 Å². The molecule has 1 aromatic rings. The smallest absolute Gasteiger partial charge is 0.221 e. The van der Waals surface area contributed by atoms with Crippen molar-refractivity contribution >= 4 is 11.6 Å². The number of rotatable bonds is 4. The summed E-state index contributed by atoms with van der Waals surface area (Å²) in [7, 11) is 0. The Morgan fingerprint density at radius 2 is 1.86 bits per heavy atom. The van der Waals surface area contributed by atoms with Gasteiger partial charge in [-0.05, 0) is 67.1 Å². The van der Waals surface area contributed by atoms with Crippen LogP contribution in [0.25, 0.3) is 0 Å². The molecule has 1 amide bonds. The van der Waals surface area contributed by atoms with Gasteiger partial charge in [-0.3, -0.25) is 4.79 Å². The molecule has 0 radical (unpaired) electrons. The number of benzene rings is 1. The number of primary amides is 1. The summed E-state index contributed by atoms with van der Waals surface area (Å²) in [5, 5.41) is 3.75. The van der Waals surface area contributed by atoms with Gasteiger partial charge >= 0.3 is 0 Å². The molecule has 3 fully saturated rings. The van der Waals surface area contributed by atoms with E-state index in [2.05, 4.69) is 17.4 Å². The van der Waals surface area contributed by atoms with Crippen LogP contribution in [0.3, 0.4) is 0 Å². The van der Waals surface area contributed by atoms with E-state index in [1.54, 1.807) is 0 Å². The van der Waals surface area contributed by atoms with Gasteiger partial charge in [-0.2, -0.15) is 0 Å². The molecule has 5 unspecified atom stereocenters. The molecule has 5 atom stereocenters. The van der Waals surface area contributed by atoms with Crippen molar-refractivity contribution in [3.8, 4) is 0 Å². The highest BCUT2D eigenvalue weighted by molar-refractivity contribution is 5.76. The van der Waals surface area contributed by atoms with Crippen LogP contribution in [0.1, 0.15) is 37.7 Å². The first-order valence-corrected chi connectivity index (χ1v) is 8.34. The summed E-state index contributed by atoms with van der Waals surface area (Å²) in [5.74, 6) is 3.65. The Morgan fingerprint density at radius 1 is 1.10 bits per heavy atom. The first kappa shape index (κ1) is 13.2. The van der Waals surface area contributed by atoms with Gasteiger partial charge in [-0.1, -0.05) is 18.6 Å². The number of carbonyl (C=O) groups excluding carboxylic acids is 1. The van der Waals surface area contributed by atoms with Crippen LogP contribution in [0.5, 0.6) is 0 Å². The van der Waals surface area contributed by atoms with E-state index in [0.29, 0.717) is 12.5 Å². The fourth-order valence-electron chi connectivity index (χ4n) is 5.37. The van der Waals surface area contributed by atoms with Crippen molar-refractivity contribution in [3.63, 3.8) is 0 Å². The van der Waals surface area contributed by atoms with Crippen LogP contribution in [0.15, 0.2) is 24.3 Å². The van der Waals surface area contributed by atoms with E-state index in [0.717, 1.165) is 29.2 Å². The zero-order valence-electron chi connectivity index (χ0n) is 12.4. The Bertz CT molecular complexity index is 539. The first-order valence-electron chi connectivity index (χ1n) is 8.34. The second-order valence-corrected chi connectivity index (χ2v) is 7.24. The van der Waals surface area contributed by atoms with Crippen LogP contribution in [0.2, 0.25) is 0 Å². The highest BCUT2D eigenvalue weighted by Crippen LogP contribution is 2.59. The number of anilines is 1. The van der Waals surface area contributed by atoms with Crippen LogP contribution in [0.4, 0.5) is 5.69 Å². The average molecular weight is 284 g/mol. The fraction of sp³-hybridized carbons (Fsp3) is 0.611. The van der Waals surface area contributed by atoms with E-state index >= 15 is 0 Å². The highest BCUT2D eigenvalue weighted by atomic mass is 16.1. The largest absolute Gasteiger partial charge is 0.382 e. The minimum Gasteiger partial charge on any atom is -0.382 e. The van der Waals surface area contributed by atoms with Crippen molar-refractivity contribution in [3.05, 3.63) is 29.8 Å². The van der Waals surface area contributed by atoms with Crippen molar-refractivity contribution < 1.29 is 4.79 Å². The molecule has 112 valence electrons. The Morgan fingerprint density at radius 3 is 2.62 bits per heavy atom. The Labute approximate surface area is 126 Å². The summed E-state index contributed by atoms with van der Waals surface area (Å²) in [6, 6.07) is 8.88. The molecule has 3 N–H and O–H groups in total. The molecule has 3 nitrogen and oxygen atoms in total. The van der Waals surface area contributed by atoms with Crippen LogP contribution in [0, 0.1) is 23.7 Å². The first-order chi connectivity index (χ1) is 10.2. The maximum Gasteiger partial charge on any atom is 0.221 e. The van der Waals surface area contributed by atoms with Gasteiger partial charge in [0.1, 0.15) is 0 Å². The van der Waals surface area contributed by atoms with Crippen molar-refractivity contribution in [1.82, 2.24) is 0 Å². The van der Waals surface area contributed by atoms with Gasteiger partial charge in [0.05, 0.1) is 6.42 Å². The summed E-state index contributed by atoms with van der Waals surface area (Å²) >= 11 is 0. The van der Waals surface area contributed by atoms with E-state index in [1.807, 2.05) is 12.1 Å². The summed E-state index contributed by atoms with van der Waals surface area (Å²) in [6.07, 6.45) is 7.54. The lowest BCUT2D eigenvalue weighted by Gasteiger charge is -2.32. The lowest BCUT2D eigenvalue weighted by Crippen LogP contribution is -2.33. The van der Waals surface area contributed by atoms with Gasteiger partial charge in [0.15, 0.2) is 0 Å². The van der Waals surface area contributed by atoms with Crippen LogP contribution in [-0.2, 0) is 11.2 Å². The maximum absolute atomic E-state index is 10.9. The lowest BCUT2D eigenvalue weighted by molar-refractivity contribution is -0.117. The van der Waals surface area contributed by atoms with E-state index < -0.39 is 0 Å².